The van der Waals surface area contributed by atoms with Crippen molar-refractivity contribution in [3.8, 4) is 5.75 Å². The molecule has 1 aliphatic heterocycles. The Balaban J connectivity index is 0.00000161. The zero-order valence-electron chi connectivity index (χ0n) is 12.4. The number of hydrogen-bond donors (Lipinski definition) is 1. The van der Waals surface area contributed by atoms with Gasteiger partial charge in [0, 0.05) is 5.92 Å². The van der Waals surface area contributed by atoms with Crippen LogP contribution in [0.5, 0.6) is 5.75 Å². The fourth-order valence-corrected chi connectivity index (χ4v) is 3.40. The van der Waals surface area contributed by atoms with Gasteiger partial charge in [-0.3, -0.25) is 4.79 Å². The van der Waals surface area contributed by atoms with E-state index in [2.05, 4.69) is 0 Å². The van der Waals surface area contributed by atoms with Gasteiger partial charge in [-0.15, -0.1) is 12.4 Å². The molecule has 1 aromatic carbocycles. The molecule has 1 fully saturated rings. The molecule has 2 atom stereocenters. The lowest BCUT2D eigenvalue weighted by atomic mass is 9.94. The van der Waals surface area contributed by atoms with Crippen molar-refractivity contribution < 1.29 is 9.53 Å². The minimum Gasteiger partial charge on any atom is -0.490 e. The van der Waals surface area contributed by atoms with Crippen molar-refractivity contribution in [2.75, 3.05) is 24.6 Å². The summed E-state index contributed by atoms with van der Waals surface area (Å²) in [5.41, 5.74) is 7.87. The van der Waals surface area contributed by atoms with Crippen LogP contribution in [0, 0.1) is 18.8 Å². The molecule has 2 N–H and O–H groups in total. The van der Waals surface area contributed by atoms with E-state index in [1.54, 1.807) is 0 Å². The number of benzene rings is 1. The van der Waals surface area contributed by atoms with E-state index in [0.29, 0.717) is 25.6 Å². The summed E-state index contributed by atoms with van der Waals surface area (Å²) in [6.45, 7) is 3.86. The smallest absolute Gasteiger partial charge is 0.230 e. The third-order valence-electron chi connectivity index (χ3n) is 4.52. The highest BCUT2D eigenvalue weighted by Crippen LogP contribution is 2.37. The lowest BCUT2D eigenvalue weighted by molar-refractivity contribution is -0.123. The summed E-state index contributed by atoms with van der Waals surface area (Å²) < 4.78 is 5.68. The minimum atomic E-state index is 0. The van der Waals surface area contributed by atoms with Gasteiger partial charge in [0.2, 0.25) is 5.91 Å². The summed E-state index contributed by atoms with van der Waals surface area (Å²) in [7, 11) is 0. The van der Waals surface area contributed by atoms with Gasteiger partial charge in [-0.25, -0.2) is 0 Å². The minimum absolute atomic E-state index is 0. The van der Waals surface area contributed by atoms with E-state index in [1.807, 2.05) is 30.0 Å². The van der Waals surface area contributed by atoms with Crippen LogP contribution in [-0.4, -0.2) is 25.6 Å². The van der Waals surface area contributed by atoms with E-state index in [-0.39, 0.29) is 24.2 Å². The second-order valence-corrected chi connectivity index (χ2v) is 5.84. The molecule has 0 unspecified atom stereocenters. The number of nitrogens with two attached hydrogens (primary N) is 1. The Morgan fingerprint density at radius 3 is 3.00 bits per heavy atom. The van der Waals surface area contributed by atoms with Gasteiger partial charge >= 0.3 is 0 Å². The predicted molar refractivity (Wildman–Crippen MR) is 86.2 cm³/mol. The molecule has 3 rings (SSSR count). The second-order valence-electron chi connectivity index (χ2n) is 5.84. The van der Waals surface area contributed by atoms with Crippen LogP contribution in [0.3, 0.4) is 0 Å². The topological polar surface area (TPSA) is 55.6 Å². The zero-order valence-corrected chi connectivity index (χ0v) is 13.2. The maximum atomic E-state index is 12.8. The Labute approximate surface area is 132 Å². The van der Waals surface area contributed by atoms with E-state index in [9.17, 15) is 4.79 Å². The molecule has 0 saturated heterocycles. The monoisotopic (exact) mass is 310 g/mol. The lowest BCUT2D eigenvalue weighted by Crippen LogP contribution is -2.43. The van der Waals surface area contributed by atoms with Gasteiger partial charge < -0.3 is 15.4 Å². The maximum Gasteiger partial charge on any atom is 0.230 e. The Kier molecular flexibility index (Phi) is 5.12. The van der Waals surface area contributed by atoms with Crippen LogP contribution < -0.4 is 15.4 Å². The van der Waals surface area contributed by atoms with E-state index in [0.717, 1.165) is 36.3 Å². The number of hydrogen-bond acceptors (Lipinski definition) is 3. The number of nitrogens with zero attached hydrogens (tertiary/aromatic N) is 1. The van der Waals surface area contributed by atoms with Gasteiger partial charge in [-0.2, -0.15) is 0 Å². The first-order valence-corrected chi connectivity index (χ1v) is 7.45. The lowest BCUT2D eigenvalue weighted by Gasteiger charge is -2.33. The average Bonchev–Trinajstić information content (AvgIpc) is 2.94. The number of amides is 1. The molecule has 116 valence electrons. The molecule has 0 aromatic heterocycles. The van der Waals surface area contributed by atoms with E-state index in [1.165, 1.54) is 0 Å². The van der Waals surface area contributed by atoms with Gasteiger partial charge in [-0.1, -0.05) is 12.5 Å². The van der Waals surface area contributed by atoms with Crippen molar-refractivity contribution in [2.45, 2.75) is 26.2 Å². The summed E-state index contributed by atoms with van der Waals surface area (Å²) >= 11 is 0. The summed E-state index contributed by atoms with van der Waals surface area (Å²) in [6.07, 6.45) is 3.17. The number of anilines is 1. The quantitative estimate of drug-likeness (QED) is 0.913. The highest BCUT2D eigenvalue weighted by Gasteiger charge is 2.36. The molecule has 0 spiro atoms. The normalized spacial score (nSPS) is 24.0. The fourth-order valence-electron chi connectivity index (χ4n) is 3.40. The van der Waals surface area contributed by atoms with Crippen LogP contribution in [-0.2, 0) is 4.79 Å². The number of halogens is 1. The Morgan fingerprint density at radius 2 is 2.24 bits per heavy atom. The molecule has 4 nitrogen and oxygen atoms in total. The third-order valence-corrected chi connectivity index (χ3v) is 4.52. The summed E-state index contributed by atoms with van der Waals surface area (Å²) in [5.74, 6) is 1.49. The molecular formula is C16H23ClN2O2. The van der Waals surface area contributed by atoms with Crippen molar-refractivity contribution >= 4 is 24.0 Å². The molecular weight excluding hydrogens is 288 g/mol. The number of carbonyl (C=O) groups is 1. The molecule has 1 aliphatic carbocycles. The molecule has 5 heteroatoms. The van der Waals surface area contributed by atoms with Crippen molar-refractivity contribution in [2.24, 2.45) is 17.6 Å². The van der Waals surface area contributed by atoms with Crippen molar-refractivity contribution in [1.29, 1.82) is 0 Å². The summed E-state index contributed by atoms with van der Waals surface area (Å²) in [6, 6.07) is 6.03. The number of fused-ring (bicyclic) bond motifs is 1. The molecule has 0 radical (unpaired) electrons. The summed E-state index contributed by atoms with van der Waals surface area (Å²) in [4.78, 5) is 14.7. The van der Waals surface area contributed by atoms with Crippen LogP contribution >= 0.6 is 12.4 Å². The van der Waals surface area contributed by atoms with Gasteiger partial charge in [0.25, 0.3) is 0 Å². The zero-order chi connectivity index (χ0) is 14.1. The number of rotatable bonds is 2. The standard InChI is InChI=1S/C16H22N2O2.ClH/c1-11-5-6-14-15(9-11)20-8-7-18(14)16(19)13-4-2-3-12(13)10-17;/h5-6,9,12-13H,2-4,7-8,10,17H2,1H3;1H/t12-,13-;/m1./s1. The van der Waals surface area contributed by atoms with Crippen LogP contribution in [0.15, 0.2) is 18.2 Å². The molecule has 1 aromatic rings. The molecule has 1 saturated carbocycles. The van der Waals surface area contributed by atoms with Gasteiger partial charge in [0.05, 0.1) is 12.2 Å². The van der Waals surface area contributed by atoms with E-state index in [4.69, 9.17) is 10.5 Å². The van der Waals surface area contributed by atoms with Crippen molar-refractivity contribution in [1.82, 2.24) is 0 Å². The first-order valence-electron chi connectivity index (χ1n) is 7.45. The summed E-state index contributed by atoms with van der Waals surface area (Å²) in [5, 5.41) is 0. The fraction of sp³-hybridized carbons (Fsp3) is 0.562. The Hall–Kier alpha value is -1.26. The van der Waals surface area contributed by atoms with E-state index >= 15 is 0 Å². The van der Waals surface area contributed by atoms with Crippen LogP contribution in [0.2, 0.25) is 0 Å². The van der Waals surface area contributed by atoms with Crippen LogP contribution in [0.25, 0.3) is 0 Å². The van der Waals surface area contributed by atoms with Crippen molar-refractivity contribution in [3.63, 3.8) is 0 Å². The van der Waals surface area contributed by atoms with Crippen molar-refractivity contribution in [3.05, 3.63) is 23.8 Å². The molecule has 1 heterocycles. The van der Waals surface area contributed by atoms with Gasteiger partial charge in [-0.05, 0) is 49.9 Å². The largest absolute Gasteiger partial charge is 0.490 e. The highest BCUT2D eigenvalue weighted by molar-refractivity contribution is 5.97. The predicted octanol–water partition coefficient (Wildman–Crippen LogP) is 2.52. The molecule has 21 heavy (non-hydrogen) atoms. The average molecular weight is 311 g/mol. The van der Waals surface area contributed by atoms with Crippen LogP contribution in [0.1, 0.15) is 24.8 Å². The maximum absolute atomic E-state index is 12.8. The SMILES string of the molecule is Cc1ccc2c(c1)OCCN2C(=O)[C@@H]1CCC[C@@H]1CN.Cl. The third kappa shape index (κ3) is 3.01. The molecule has 2 aliphatic rings. The van der Waals surface area contributed by atoms with Gasteiger partial charge in [0.1, 0.15) is 12.4 Å². The van der Waals surface area contributed by atoms with E-state index < -0.39 is 0 Å². The first kappa shape index (κ1) is 16.1. The molecule has 0 bridgehead atoms. The molecule has 1 amide bonds. The van der Waals surface area contributed by atoms with Gasteiger partial charge in [0.15, 0.2) is 0 Å². The Bertz CT molecular complexity index is 521. The first-order chi connectivity index (χ1) is 9.70. The number of carbonyl (C=O) groups excluding carboxylic acids is 1. The second kappa shape index (κ2) is 6.67. The van der Waals surface area contributed by atoms with Crippen LogP contribution in [0.4, 0.5) is 5.69 Å². The Morgan fingerprint density at radius 1 is 1.43 bits per heavy atom. The number of aryl methyl sites for hydroxylation is 1. The number of ether oxygens (including phenoxy) is 1. The highest BCUT2D eigenvalue weighted by atomic mass is 35.5.